The summed E-state index contributed by atoms with van der Waals surface area (Å²) in [4.78, 5) is 25.2. The molecule has 0 radical (unpaired) electrons. The lowest BCUT2D eigenvalue weighted by atomic mass is 9.93. The summed E-state index contributed by atoms with van der Waals surface area (Å²) in [7, 11) is 0. The van der Waals surface area contributed by atoms with Gasteiger partial charge in [-0.05, 0) is 58.7 Å². The second-order valence-corrected chi connectivity index (χ2v) is 16.5. The van der Waals surface area contributed by atoms with E-state index in [9.17, 15) is 0 Å². The molecule has 12 rings (SSSR count). The Morgan fingerprint density at radius 2 is 0.597 bits per heavy atom. The van der Waals surface area contributed by atoms with Gasteiger partial charge in [0, 0.05) is 49.8 Å². The summed E-state index contributed by atoms with van der Waals surface area (Å²) in [6, 6.07) is 84.1. The predicted octanol–water partition coefficient (Wildman–Crippen LogP) is 15.1. The van der Waals surface area contributed by atoms with Crippen molar-refractivity contribution in [2.45, 2.75) is 0 Å². The number of rotatable bonds is 9. The zero-order valence-corrected chi connectivity index (χ0v) is 36.3. The number of aromatic nitrogens is 6. The number of nitrogens with zero attached hydrogens (tertiary/aromatic N) is 6. The standard InChI is InChI=1S/C61H40N6/c1-6-19-42(20-7-1)52-40-53(63-58(62-52)44-21-8-2-9-22-44)43-37-35-41(36-38-43)50-31-17-33-54-56(50)57-51(32-18-34-55(57)67(54)49-29-14-5-15-30-49)47-27-16-28-48(39-47)61-65-59(45-23-10-3-11-24-45)64-60(66-61)46-25-12-4-13-26-46/h1-40H. The minimum atomic E-state index is 0.615. The molecule has 314 valence electrons. The molecular weight excluding hydrogens is 817 g/mol. The summed E-state index contributed by atoms with van der Waals surface area (Å²) < 4.78 is 2.39. The van der Waals surface area contributed by atoms with Crippen molar-refractivity contribution in [1.29, 1.82) is 0 Å². The van der Waals surface area contributed by atoms with E-state index >= 15 is 0 Å². The van der Waals surface area contributed by atoms with E-state index in [2.05, 4.69) is 150 Å². The van der Waals surface area contributed by atoms with Crippen molar-refractivity contribution in [2.24, 2.45) is 0 Å². The molecule has 0 fully saturated rings. The second-order valence-electron chi connectivity index (χ2n) is 16.5. The molecule has 0 aliphatic rings. The molecule has 6 nitrogen and oxygen atoms in total. The summed E-state index contributed by atoms with van der Waals surface area (Å²) in [5.74, 6) is 2.57. The van der Waals surface area contributed by atoms with Crippen LogP contribution in [0.15, 0.2) is 243 Å². The van der Waals surface area contributed by atoms with Gasteiger partial charge in [0.15, 0.2) is 23.3 Å². The molecule has 67 heavy (non-hydrogen) atoms. The molecule has 0 spiro atoms. The van der Waals surface area contributed by atoms with Gasteiger partial charge in [0.05, 0.1) is 22.4 Å². The van der Waals surface area contributed by atoms with Crippen molar-refractivity contribution in [3.8, 4) is 96.0 Å². The highest BCUT2D eigenvalue weighted by Gasteiger charge is 2.21. The molecular formula is C61H40N6. The third-order valence-corrected chi connectivity index (χ3v) is 12.3. The molecule has 9 aromatic carbocycles. The van der Waals surface area contributed by atoms with Gasteiger partial charge in [-0.25, -0.2) is 24.9 Å². The van der Waals surface area contributed by atoms with Crippen LogP contribution in [-0.2, 0) is 0 Å². The largest absolute Gasteiger partial charge is 0.309 e. The normalized spacial score (nSPS) is 11.3. The highest BCUT2D eigenvalue weighted by atomic mass is 15.0. The van der Waals surface area contributed by atoms with E-state index in [-0.39, 0.29) is 0 Å². The first-order valence-corrected chi connectivity index (χ1v) is 22.4. The Labute approximate surface area is 388 Å². The Morgan fingerprint density at radius 1 is 0.239 bits per heavy atom. The van der Waals surface area contributed by atoms with Gasteiger partial charge in [0.25, 0.3) is 0 Å². The van der Waals surface area contributed by atoms with E-state index < -0.39 is 0 Å². The van der Waals surface area contributed by atoms with Crippen LogP contribution in [0.2, 0.25) is 0 Å². The highest BCUT2D eigenvalue weighted by Crippen LogP contribution is 2.44. The topological polar surface area (TPSA) is 69.4 Å². The van der Waals surface area contributed by atoms with E-state index in [0.29, 0.717) is 23.3 Å². The van der Waals surface area contributed by atoms with Crippen LogP contribution in [0.25, 0.3) is 118 Å². The lowest BCUT2D eigenvalue weighted by Gasteiger charge is -2.12. The molecule has 0 bridgehead atoms. The fourth-order valence-electron chi connectivity index (χ4n) is 9.10. The van der Waals surface area contributed by atoms with Gasteiger partial charge in [-0.2, -0.15) is 0 Å². The SMILES string of the molecule is c1ccc(-c2cc(-c3ccc(-c4cccc5c4c4c(-c6cccc(-c7nc(-c8ccccc8)nc(-c8ccccc8)n7)c6)cccc4n5-c4ccccc4)cc3)nc(-c3ccccc3)n2)cc1. The number of hydrogen-bond acceptors (Lipinski definition) is 5. The minimum absolute atomic E-state index is 0.615. The summed E-state index contributed by atoms with van der Waals surface area (Å²) in [6.07, 6.45) is 0. The van der Waals surface area contributed by atoms with Gasteiger partial charge in [0.1, 0.15) is 0 Å². The lowest BCUT2D eigenvalue weighted by molar-refractivity contribution is 1.07. The van der Waals surface area contributed by atoms with E-state index in [1.54, 1.807) is 0 Å². The van der Waals surface area contributed by atoms with Crippen LogP contribution in [0.5, 0.6) is 0 Å². The van der Waals surface area contributed by atoms with E-state index in [0.717, 1.165) is 83.7 Å². The van der Waals surface area contributed by atoms with Crippen LogP contribution >= 0.6 is 0 Å². The summed E-state index contributed by atoms with van der Waals surface area (Å²) in [5.41, 5.74) is 15.3. The lowest BCUT2D eigenvalue weighted by Crippen LogP contribution is -2.00. The fraction of sp³-hybridized carbons (Fsp3) is 0. The van der Waals surface area contributed by atoms with Crippen molar-refractivity contribution < 1.29 is 0 Å². The molecule has 0 saturated heterocycles. The molecule has 0 unspecified atom stereocenters. The van der Waals surface area contributed by atoms with E-state index in [1.807, 2.05) is 97.1 Å². The summed E-state index contributed by atoms with van der Waals surface area (Å²) in [5, 5.41) is 2.34. The van der Waals surface area contributed by atoms with Gasteiger partial charge in [-0.15, -0.1) is 0 Å². The van der Waals surface area contributed by atoms with Crippen molar-refractivity contribution in [3.63, 3.8) is 0 Å². The quantitative estimate of drug-likeness (QED) is 0.145. The Hall–Kier alpha value is -9.13. The smallest absolute Gasteiger partial charge is 0.164 e. The van der Waals surface area contributed by atoms with Crippen LogP contribution in [0.4, 0.5) is 0 Å². The molecule has 0 aliphatic heterocycles. The molecule has 0 aliphatic carbocycles. The average molecular weight is 857 g/mol. The zero-order valence-electron chi connectivity index (χ0n) is 36.3. The van der Waals surface area contributed by atoms with Crippen LogP contribution in [0.3, 0.4) is 0 Å². The maximum absolute atomic E-state index is 5.12. The highest BCUT2D eigenvalue weighted by molar-refractivity contribution is 6.20. The maximum Gasteiger partial charge on any atom is 0.164 e. The van der Waals surface area contributed by atoms with Gasteiger partial charge >= 0.3 is 0 Å². The average Bonchev–Trinajstić information content (AvgIpc) is 3.77. The minimum Gasteiger partial charge on any atom is -0.309 e. The first-order valence-electron chi connectivity index (χ1n) is 22.4. The molecule has 12 aromatic rings. The van der Waals surface area contributed by atoms with Crippen LogP contribution in [-0.4, -0.2) is 29.5 Å². The van der Waals surface area contributed by atoms with Gasteiger partial charge in [0.2, 0.25) is 0 Å². The first-order chi connectivity index (χ1) is 33.2. The van der Waals surface area contributed by atoms with Crippen molar-refractivity contribution in [3.05, 3.63) is 243 Å². The van der Waals surface area contributed by atoms with Crippen LogP contribution < -0.4 is 0 Å². The van der Waals surface area contributed by atoms with Gasteiger partial charge in [-0.3, -0.25) is 0 Å². The predicted molar refractivity (Wildman–Crippen MR) is 273 cm³/mol. The number of hydrogen-bond donors (Lipinski definition) is 0. The fourth-order valence-corrected chi connectivity index (χ4v) is 9.10. The molecule has 3 aromatic heterocycles. The Kier molecular flexibility index (Phi) is 10.1. The number of para-hydroxylation sites is 1. The second kappa shape index (κ2) is 17.1. The van der Waals surface area contributed by atoms with E-state index in [4.69, 9.17) is 24.9 Å². The van der Waals surface area contributed by atoms with Crippen LogP contribution in [0, 0.1) is 0 Å². The third-order valence-electron chi connectivity index (χ3n) is 12.3. The Bertz CT molecular complexity index is 3590. The van der Waals surface area contributed by atoms with Gasteiger partial charge < -0.3 is 4.57 Å². The number of fused-ring (bicyclic) bond motifs is 3. The van der Waals surface area contributed by atoms with Crippen molar-refractivity contribution in [1.82, 2.24) is 29.5 Å². The van der Waals surface area contributed by atoms with E-state index in [1.165, 1.54) is 10.8 Å². The van der Waals surface area contributed by atoms with Gasteiger partial charge in [-0.1, -0.05) is 206 Å². The number of benzene rings is 9. The molecule has 3 heterocycles. The monoisotopic (exact) mass is 856 g/mol. The summed E-state index contributed by atoms with van der Waals surface area (Å²) >= 11 is 0. The first kappa shape index (κ1) is 39.5. The Morgan fingerprint density at radius 3 is 1.10 bits per heavy atom. The van der Waals surface area contributed by atoms with Crippen LogP contribution in [0.1, 0.15) is 0 Å². The molecule has 6 heteroatoms. The molecule has 0 atom stereocenters. The zero-order chi connectivity index (χ0) is 44.5. The summed E-state index contributed by atoms with van der Waals surface area (Å²) in [6.45, 7) is 0. The van der Waals surface area contributed by atoms with Crippen molar-refractivity contribution >= 4 is 21.8 Å². The molecule has 0 N–H and O–H groups in total. The Balaban J connectivity index is 1.02. The van der Waals surface area contributed by atoms with Crippen molar-refractivity contribution in [2.75, 3.05) is 0 Å². The third kappa shape index (κ3) is 7.52. The molecule has 0 amide bonds. The molecule has 0 saturated carbocycles. The maximum atomic E-state index is 5.12.